The van der Waals surface area contributed by atoms with Crippen LogP contribution in [-0.4, -0.2) is 40.5 Å². The van der Waals surface area contributed by atoms with Gasteiger partial charge in [-0.25, -0.2) is 4.68 Å². The second-order valence-electron chi connectivity index (χ2n) is 4.96. The molecule has 1 rings (SSSR count). The standard InChI is InChI=1S/C12H25N5O/c1-5-6-11(9-18-4)17-12(14-15-16-17)8-13-7-10(2)3/h10-11,13H,5-9H2,1-4H3. The predicted molar refractivity (Wildman–Crippen MR) is 70.2 cm³/mol. The second kappa shape index (κ2) is 8.16. The van der Waals surface area contributed by atoms with Gasteiger partial charge in [0.25, 0.3) is 0 Å². The van der Waals surface area contributed by atoms with Crippen molar-refractivity contribution in [3.8, 4) is 0 Å². The summed E-state index contributed by atoms with van der Waals surface area (Å²) in [6.07, 6.45) is 2.11. The van der Waals surface area contributed by atoms with E-state index < -0.39 is 0 Å². The Labute approximate surface area is 109 Å². The van der Waals surface area contributed by atoms with Crippen molar-refractivity contribution >= 4 is 0 Å². The van der Waals surface area contributed by atoms with Gasteiger partial charge in [0, 0.05) is 7.11 Å². The van der Waals surface area contributed by atoms with Crippen LogP contribution in [0.2, 0.25) is 0 Å². The third-order valence-corrected chi connectivity index (χ3v) is 2.72. The summed E-state index contributed by atoms with van der Waals surface area (Å²) in [4.78, 5) is 0. The lowest BCUT2D eigenvalue weighted by molar-refractivity contribution is 0.141. The molecule has 0 amide bonds. The molecule has 0 saturated carbocycles. The van der Waals surface area contributed by atoms with E-state index in [9.17, 15) is 0 Å². The molecule has 0 aliphatic heterocycles. The Morgan fingerprint density at radius 1 is 1.39 bits per heavy atom. The van der Waals surface area contributed by atoms with Crippen molar-refractivity contribution in [1.82, 2.24) is 25.5 Å². The van der Waals surface area contributed by atoms with E-state index in [1.165, 1.54) is 0 Å². The lowest BCUT2D eigenvalue weighted by Gasteiger charge is -2.17. The molecule has 1 aromatic heterocycles. The summed E-state index contributed by atoms with van der Waals surface area (Å²) in [7, 11) is 1.71. The van der Waals surface area contributed by atoms with Crippen LogP contribution in [0.5, 0.6) is 0 Å². The Hall–Kier alpha value is -1.01. The third kappa shape index (κ3) is 4.70. The van der Waals surface area contributed by atoms with E-state index in [4.69, 9.17) is 4.74 Å². The number of nitrogens with one attached hydrogen (secondary N) is 1. The fourth-order valence-corrected chi connectivity index (χ4v) is 1.89. The van der Waals surface area contributed by atoms with Crippen LogP contribution < -0.4 is 5.32 Å². The summed E-state index contributed by atoms with van der Waals surface area (Å²) in [6.45, 7) is 8.84. The number of ether oxygens (including phenoxy) is 1. The Morgan fingerprint density at radius 3 is 2.78 bits per heavy atom. The van der Waals surface area contributed by atoms with Gasteiger partial charge >= 0.3 is 0 Å². The van der Waals surface area contributed by atoms with Crippen LogP contribution >= 0.6 is 0 Å². The molecule has 0 bridgehead atoms. The minimum absolute atomic E-state index is 0.228. The van der Waals surface area contributed by atoms with Crippen LogP contribution in [0, 0.1) is 5.92 Å². The number of methoxy groups -OCH3 is 1. The molecule has 0 aliphatic carbocycles. The molecular weight excluding hydrogens is 230 g/mol. The van der Waals surface area contributed by atoms with Gasteiger partial charge < -0.3 is 10.1 Å². The van der Waals surface area contributed by atoms with E-state index in [1.54, 1.807) is 7.11 Å². The van der Waals surface area contributed by atoms with E-state index in [0.29, 0.717) is 19.1 Å². The zero-order chi connectivity index (χ0) is 13.4. The van der Waals surface area contributed by atoms with Gasteiger partial charge in [-0.1, -0.05) is 27.2 Å². The van der Waals surface area contributed by atoms with Crippen LogP contribution in [0.4, 0.5) is 0 Å². The van der Waals surface area contributed by atoms with E-state index in [2.05, 4.69) is 41.6 Å². The number of tetrazole rings is 1. The van der Waals surface area contributed by atoms with Crippen molar-refractivity contribution in [1.29, 1.82) is 0 Å². The van der Waals surface area contributed by atoms with Gasteiger partial charge in [0.2, 0.25) is 0 Å². The van der Waals surface area contributed by atoms with Gasteiger partial charge in [-0.3, -0.25) is 0 Å². The van der Waals surface area contributed by atoms with Gasteiger partial charge in [0.1, 0.15) is 0 Å². The van der Waals surface area contributed by atoms with Crippen molar-refractivity contribution in [2.24, 2.45) is 5.92 Å². The first kappa shape index (κ1) is 15.0. The minimum Gasteiger partial charge on any atom is -0.382 e. The van der Waals surface area contributed by atoms with Crippen molar-refractivity contribution in [2.45, 2.75) is 46.2 Å². The molecule has 104 valence electrons. The summed E-state index contributed by atoms with van der Waals surface area (Å²) in [6, 6.07) is 0.228. The fourth-order valence-electron chi connectivity index (χ4n) is 1.89. The molecule has 18 heavy (non-hydrogen) atoms. The Bertz CT molecular complexity index is 320. The molecule has 1 unspecified atom stereocenters. The molecule has 1 aromatic rings. The average molecular weight is 255 g/mol. The van der Waals surface area contributed by atoms with Crippen molar-refractivity contribution in [2.75, 3.05) is 20.3 Å². The highest BCUT2D eigenvalue weighted by Gasteiger charge is 2.16. The van der Waals surface area contributed by atoms with E-state index in [1.807, 2.05) is 4.68 Å². The zero-order valence-electron chi connectivity index (χ0n) is 11.9. The maximum absolute atomic E-state index is 5.24. The van der Waals surface area contributed by atoms with Crippen LogP contribution in [0.1, 0.15) is 45.5 Å². The zero-order valence-corrected chi connectivity index (χ0v) is 11.9. The summed E-state index contributed by atoms with van der Waals surface area (Å²) in [5.41, 5.74) is 0. The quantitative estimate of drug-likeness (QED) is 0.722. The molecular formula is C12H25N5O. The summed E-state index contributed by atoms with van der Waals surface area (Å²) >= 11 is 0. The van der Waals surface area contributed by atoms with Gasteiger partial charge in [-0.2, -0.15) is 0 Å². The molecule has 0 fully saturated rings. The van der Waals surface area contributed by atoms with Crippen molar-refractivity contribution in [3.63, 3.8) is 0 Å². The molecule has 6 nitrogen and oxygen atoms in total. The third-order valence-electron chi connectivity index (χ3n) is 2.72. The highest BCUT2D eigenvalue weighted by Crippen LogP contribution is 2.14. The van der Waals surface area contributed by atoms with Crippen molar-refractivity contribution < 1.29 is 4.74 Å². The van der Waals surface area contributed by atoms with Gasteiger partial charge in [0.15, 0.2) is 5.82 Å². The molecule has 0 saturated heterocycles. The lowest BCUT2D eigenvalue weighted by atomic mass is 10.2. The second-order valence-corrected chi connectivity index (χ2v) is 4.96. The normalized spacial score (nSPS) is 13.2. The SMILES string of the molecule is CCCC(COC)n1nnnc1CNCC(C)C. The number of hydrogen-bond donors (Lipinski definition) is 1. The molecule has 6 heteroatoms. The molecule has 0 aliphatic rings. The maximum Gasteiger partial charge on any atom is 0.165 e. The first-order chi connectivity index (χ1) is 8.69. The van der Waals surface area contributed by atoms with Gasteiger partial charge in [-0.05, 0) is 29.3 Å². The lowest BCUT2D eigenvalue weighted by Crippen LogP contribution is -2.25. The monoisotopic (exact) mass is 255 g/mol. The summed E-state index contributed by atoms with van der Waals surface area (Å²) < 4.78 is 7.13. The van der Waals surface area contributed by atoms with Crippen LogP contribution in [-0.2, 0) is 11.3 Å². The first-order valence-corrected chi connectivity index (χ1v) is 6.65. The molecule has 1 N–H and O–H groups in total. The Balaban J connectivity index is 2.61. The fraction of sp³-hybridized carbons (Fsp3) is 0.917. The highest BCUT2D eigenvalue weighted by atomic mass is 16.5. The topological polar surface area (TPSA) is 64.9 Å². The molecule has 0 radical (unpaired) electrons. The minimum atomic E-state index is 0.228. The van der Waals surface area contributed by atoms with Crippen LogP contribution in [0.3, 0.4) is 0 Å². The number of aromatic nitrogens is 4. The molecule has 1 atom stereocenters. The number of hydrogen-bond acceptors (Lipinski definition) is 5. The number of nitrogens with zero attached hydrogens (tertiary/aromatic N) is 4. The van der Waals surface area contributed by atoms with Crippen LogP contribution in [0.15, 0.2) is 0 Å². The van der Waals surface area contributed by atoms with E-state index >= 15 is 0 Å². The molecule has 0 spiro atoms. The largest absolute Gasteiger partial charge is 0.382 e. The molecule has 0 aromatic carbocycles. The summed E-state index contributed by atoms with van der Waals surface area (Å²) in [5, 5.41) is 15.3. The maximum atomic E-state index is 5.24. The highest BCUT2D eigenvalue weighted by molar-refractivity contribution is 4.84. The summed E-state index contributed by atoms with van der Waals surface area (Å²) in [5.74, 6) is 1.51. The first-order valence-electron chi connectivity index (χ1n) is 6.65. The van der Waals surface area contributed by atoms with Crippen LogP contribution in [0.25, 0.3) is 0 Å². The van der Waals surface area contributed by atoms with Crippen molar-refractivity contribution in [3.05, 3.63) is 5.82 Å². The van der Waals surface area contributed by atoms with Gasteiger partial charge in [-0.15, -0.1) is 5.10 Å². The Kier molecular flexibility index (Phi) is 6.82. The molecule has 1 heterocycles. The smallest absolute Gasteiger partial charge is 0.165 e. The van der Waals surface area contributed by atoms with Gasteiger partial charge in [0.05, 0.1) is 19.2 Å². The Morgan fingerprint density at radius 2 is 2.17 bits per heavy atom. The number of rotatable bonds is 9. The van der Waals surface area contributed by atoms with E-state index in [0.717, 1.165) is 25.2 Å². The predicted octanol–water partition coefficient (Wildman–Crippen LogP) is 1.41. The average Bonchev–Trinajstić information content (AvgIpc) is 2.76. The van der Waals surface area contributed by atoms with E-state index in [-0.39, 0.29) is 6.04 Å².